The van der Waals surface area contributed by atoms with Crippen LogP contribution in [0.15, 0.2) is 35.9 Å². The average molecular weight is 518 g/mol. The molecule has 1 saturated heterocycles. The number of hydrogen-bond donors (Lipinski definition) is 1. The van der Waals surface area contributed by atoms with Crippen molar-refractivity contribution < 1.29 is 19.1 Å². The van der Waals surface area contributed by atoms with Crippen molar-refractivity contribution in [1.82, 2.24) is 5.32 Å². The summed E-state index contributed by atoms with van der Waals surface area (Å²) in [6.07, 6.45) is 7.10. The van der Waals surface area contributed by atoms with E-state index in [1.54, 1.807) is 7.11 Å². The summed E-state index contributed by atoms with van der Waals surface area (Å²) >= 11 is 0. The van der Waals surface area contributed by atoms with Gasteiger partial charge in [-0.1, -0.05) is 51.5 Å². The van der Waals surface area contributed by atoms with E-state index in [4.69, 9.17) is 9.47 Å². The van der Waals surface area contributed by atoms with Gasteiger partial charge in [0.05, 0.1) is 0 Å². The van der Waals surface area contributed by atoms with Gasteiger partial charge in [-0.25, -0.2) is 0 Å². The van der Waals surface area contributed by atoms with Crippen molar-refractivity contribution in [3.05, 3.63) is 41.5 Å². The van der Waals surface area contributed by atoms with E-state index in [2.05, 4.69) is 70.3 Å². The van der Waals surface area contributed by atoms with Crippen LogP contribution in [-0.4, -0.2) is 30.6 Å². The van der Waals surface area contributed by atoms with Crippen LogP contribution in [0, 0.1) is 51.8 Å². The third kappa shape index (κ3) is 3.03. The fourth-order valence-corrected chi connectivity index (χ4v) is 11.2. The molecule has 1 amide bonds. The second-order valence-corrected chi connectivity index (χ2v) is 14.7. The fraction of sp³-hybridized carbons (Fsp3) is 0.697. The minimum atomic E-state index is -1.03. The molecule has 3 aliphatic heterocycles. The summed E-state index contributed by atoms with van der Waals surface area (Å²) in [5, 5.41) is 3.20. The number of carbonyl (C=O) groups is 2. The van der Waals surface area contributed by atoms with Gasteiger partial charge in [0.2, 0.25) is 5.91 Å². The number of ether oxygens (including phenoxy) is 2. The molecular weight excluding hydrogens is 474 g/mol. The lowest BCUT2D eigenvalue weighted by atomic mass is 9.48. The van der Waals surface area contributed by atoms with Crippen LogP contribution < -0.4 is 10.1 Å². The summed E-state index contributed by atoms with van der Waals surface area (Å²) in [4.78, 5) is 28.9. The molecule has 3 heterocycles. The molecule has 5 nitrogen and oxygen atoms in total. The molecule has 4 fully saturated rings. The van der Waals surface area contributed by atoms with Crippen molar-refractivity contribution >= 4 is 11.7 Å². The molecular formula is C33H43NO4. The Labute approximate surface area is 227 Å². The second-order valence-electron chi connectivity index (χ2n) is 14.7. The first kappa shape index (κ1) is 24.9. The standard InChI is InChI=1S/C33H43NO4/c1-18-13-19(2)25-27-23-24(31(25,5)14-18)20(3)15-30(4)11-12-32(28(35)26(23)30)17-33(37-6,34-29(32)36)16-21-7-9-22(38-27)10-8-21/h7-10,15,18-19,23-27H,11-14,16-17H2,1-6H3,(H,34,36)/t18-,19+,23+,24-,25+,26+,27+,30+,31+,32+,33+/m1/s1. The molecule has 5 heteroatoms. The topological polar surface area (TPSA) is 64.6 Å². The largest absolute Gasteiger partial charge is 0.490 e. The van der Waals surface area contributed by atoms with E-state index in [-0.39, 0.29) is 46.4 Å². The highest BCUT2D eigenvalue weighted by atomic mass is 16.5. The van der Waals surface area contributed by atoms with Gasteiger partial charge in [0, 0.05) is 37.7 Å². The van der Waals surface area contributed by atoms with Crippen LogP contribution in [0.1, 0.15) is 72.3 Å². The number of allylic oxidation sites excluding steroid dienone is 2. The summed E-state index contributed by atoms with van der Waals surface area (Å²) in [6, 6.07) is 8.38. The summed E-state index contributed by atoms with van der Waals surface area (Å²) in [5.41, 5.74) is 0.401. The zero-order valence-electron chi connectivity index (χ0n) is 23.8. The number of amides is 1. The number of Topliss-reactive ketones (excluding diaryl/α,β-unsaturated/α-hetero) is 1. The SMILES string of the molecule is CO[C@@]12Cc3ccc(cc3)O[C@H]3[C@H]4[C@@H](C(C)=C[C@]5(C)CC[C@@](C1)(C(=O)N2)C(=O)[C@H]45)[C@]1(C)C[C@H](C)C[C@H](C)[C@@H]31. The van der Waals surface area contributed by atoms with Crippen molar-refractivity contribution in [2.24, 2.45) is 51.8 Å². The molecule has 4 aliphatic carbocycles. The number of methoxy groups -OCH3 is 1. The van der Waals surface area contributed by atoms with Gasteiger partial charge in [-0.2, -0.15) is 0 Å². The number of rotatable bonds is 1. The van der Waals surface area contributed by atoms with Crippen LogP contribution in [0.3, 0.4) is 0 Å². The maximum Gasteiger partial charge on any atom is 0.236 e. The van der Waals surface area contributed by atoms with Crippen LogP contribution in [0.25, 0.3) is 0 Å². The molecule has 38 heavy (non-hydrogen) atoms. The molecule has 5 bridgehead atoms. The number of hydrogen-bond acceptors (Lipinski definition) is 4. The van der Waals surface area contributed by atoms with E-state index in [0.717, 1.165) is 24.2 Å². The van der Waals surface area contributed by atoms with Gasteiger partial charge < -0.3 is 14.8 Å². The molecule has 3 saturated carbocycles. The Balaban J connectivity index is 1.47. The Bertz CT molecular complexity index is 1240. The Kier molecular flexibility index (Phi) is 5.07. The van der Waals surface area contributed by atoms with Gasteiger partial charge in [0.1, 0.15) is 23.0 Å². The molecule has 1 spiro atoms. The predicted octanol–water partition coefficient (Wildman–Crippen LogP) is 5.72. The molecule has 0 unspecified atom stereocenters. The van der Waals surface area contributed by atoms with E-state index >= 15 is 4.79 Å². The molecule has 0 aromatic heterocycles. The first-order valence-electron chi connectivity index (χ1n) is 14.8. The molecule has 7 aliphatic rings. The maximum atomic E-state index is 15.0. The Hall–Kier alpha value is -2.14. The molecule has 1 N–H and O–H groups in total. The summed E-state index contributed by atoms with van der Waals surface area (Å²) in [5.74, 6) is 2.51. The lowest BCUT2D eigenvalue weighted by Crippen LogP contribution is -2.58. The van der Waals surface area contributed by atoms with Gasteiger partial charge >= 0.3 is 0 Å². The Morgan fingerprint density at radius 1 is 1.05 bits per heavy atom. The zero-order chi connectivity index (χ0) is 26.8. The van der Waals surface area contributed by atoms with E-state index in [1.165, 1.54) is 12.0 Å². The normalized spacial score (nSPS) is 50.7. The van der Waals surface area contributed by atoms with Gasteiger partial charge in [0.25, 0.3) is 0 Å². The van der Waals surface area contributed by atoms with Gasteiger partial charge in [-0.15, -0.1) is 0 Å². The van der Waals surface area contributed by atoms with Gasteiger partial charge in [0.15, 0.2) is 5.78 Å². The van der Waals surface area contributed by atoms with Crippen molar-refractivity contribution in [2.45, 2.75) is 85.0 Å². The average Bonchev–Trinajstić information content (AvgIpc) is 3.27. The third-order valence-electron chi connectivity index (χ3n) is 12.2. The zero-order valence-corrected chi connectivity index (χ0v) is 23.8. The highest BCUT2D eigenvalue weighted by Gasteiger charge is 2.72. The maximum absolute atomic E-state index is 15.0. The first-order chi connectivity index (χ1) is 18.0. The highest BCUT2D eigenvalue weighted by Crippen LogP contribution is 2.70. The van der Waals surface area contributed by atoms with Crippen LogP contribution in [0.2, 0.25) is 0 Å². The van der Waals surface area contributed by atoms with Crippen LogP contribution in [-0.2, 0) is 20.7 Å². The smallest absolute Gasteiger partial charge is 0.236 e. The van der Waals surface area contributed by atoms with Crippen molar-refractivity contribution in [3.63, 3.8) is 0 Å². The molecule has 8 rings (SSSR count). The second kappa shape index (κ2) is 7.74. The number of benzene rings is 1. The van der Waals surface area contributed by atoms with Crippen LogP contribution in [0.5, 0.6) is 5.75 Å². The minimum absolute atomic E-state index is 0.0529. The van der Waals surface area contributed by atoms with Crippen molar-refractivity contribution in [1.29, 1.82) is 0 Å². The van der Waals surface area contributed by atoms with Gasteiger partial charge in [-0.05, 0) is 78.9 Å². The highest BCUT2D eigenvalue weighted by molar-refractivity contribution is 6.10. The van der Waals surface area contributed by atoms with Crippen molar-refractivity contribution in [2.75, 3.05) is 7.11 Å². The molecule has 1 aromatic rings. The number of fused-ring (bicyclic) bond motifs is 4. The molecule has 204 valence electrons. The first-order valence-corrected chi connectivity index (χ1v) is 14.8. The Morgan fingerprint density at radius 2 is 1.79 bits per heavy atom. The predicted molar refractivity (Wildman–Crippen MR) is 145 cm³/mol. The molecule has 0 radical (unpaired) electrons. The third-order valence-corrected chi connectivity index (χ3v) is 12.2. The van der Waals surface area contributed by atoms with E-state index < -0.39 is 11.1 Å². The monoisotopic (exact) mass is 517 g/mol. The van der Waals surface area contributed by atoms with Gasteiger partial charge in [-0.3, -0.25) is 9.59 Å². The van der Waals surface area contributed by atoms with E-state index in [1.807, 2.05) is 0 Å². The number of carbonyl (C=O) groups excluding carboxylic acids is 2. The lowest BCUT2D eigenvalue weighted by Gasteiger charge is -2.54. The number of ketones is 1. The lowest BCUT2D eigenvalue weighted by molar-refractivity contribution is -0.155. The quantitative estimate of drug-likeness (QED) is 0.382. The Morgan fingerprint density at radius 3 is 2.50 bits per heavy atom. The summed E-state index contributed by atoms with van der Waals surface area (Å²) in [7, 11) is 1.66. The van der Waals surface area contributed by atoms with Crippen LogP contribution in [0.4, 0.5) is 0 Å². The summed E-state index contributed by atoms with van der Waals surface area (Å²) < 4.78 is 13.1. The molecule has 1 aromatic carbocycles. The molecule has 11 atom stereocenters. The summed E-state index contributed by atoms with van der Waals surface area (Å²) in [6.45, 7) is 11.9. The van der Waals surface area contributed by atoms with Crippen molar-refractivity contribution in [3.8, 4) is 5.75 Å². The van der Waals surface area contributed by atoms with E-state index in [0.29, 0.717) is 37.0 Å². The van der Waals surface area contributed by atoms with E-state index in [9.17, 15) is 4.79 Å². The number of nitrogens with one attached hydrogen (secondary N) is 1. The fourth-order valence-electron chi connectivity index (χ4n) is 11.2. The minimum Gasteiger partial charge on any atom is -0.490 e. The van der Waals surface area contributed by atoms with Crippen LogP contribution >= 0.6 is 0 Å².